The van der Waals surface area contributed by atoms with Crippen LogP contribution >= 0.6 is 0 Å². The van der Waals surface area contributed by atoms with Gasteiger partial charge in [0.25, 0.3) is 5.91 Å². The molecule has 0 aliphatic carbocycles. The van der Waals surface area contributed by atoms with Crippen molar-refractivity contribution in [3.63, 3.8) is 0 Å². The molecule has 0 aromatic carbocycles. The number of hydrogen-bond acceptors (Lipinski definition) is 4. The smallest absolute Gasteiger partial charge is 0.348 e. The molecule has 12 heteroatoms. The first-order chi connectivity index (χ1) is 14.4. The first-order valence-corrected chi connectivity index (χ1v) is 8.86. The van der Waals surface area contributed by atoms with Gasteiger partial charge in [-0.15, -0.1) is 0 Å². The number of aromatic nitrogens is 4. The molecule has 3 rings (SSSR count). The van der Waals surface area contributed by atoms with Crippen molar-refractivity contribution in [1.29, 1.82) is 0 Å². The van der Waals surface area contributed by atoms with Crippen molar-refractivity contribution in [3.8, 4) is 5.82 Å². The third kappa shape index (κ3) is 5.38. The molecule has 164 valence electrons. The zero-order valence-corrected chi connectivity index (χ0v) is 15.9. The molecule has 6 nitrogen and oxygen atoms in total. The third-order valence-electron chi connectivity index (χ3n) is 4.17. The lowest BCUT2D eigenvalue weighted by atomic mass is 10.1. The SMILES string of the molecule is CC(Cc1ccc(-n2ccc(C(F)(F)F)n2)nc1)NC(=O)c1ncccc1C(F)(F)F. The Balaban J connectivity index is 1.66. The van der Waals surface area contributed by atoms with Gasteiger partial charge in [0.2, 0.25) is 0 Å². The van der Waals surface area contributed by atoms with Gasteiger partial charge in [-0.05, 0) is 43.2 Å². The van der Waals surface area contributed by atoms with Gasteiger partial charge in [-0.3, -0.25) is 9.78 Å². The number of hydrogen-bond donors (Lipinski definition) is 1. The maximum Gasteiger partial charge on any atom is 0.435 e. The molecule has 31 heavy (non-hydrogen) atoms. The summed E-state index contributed by atoms with van der Waals surface area (Å²) in [5.41, 5.74) is -2.31. The summed E-state index contributed by atoms with van der Waals surface area (Å²) < 4.78 is 78.0. The Labute approximate surface area is 171 Å². The average molecular weight is 443 g/mol. The van der Waals surface area contributed by atoms with Crippen LogP contribution in [0.25, 0.3) is 5.82 Å². The lowest BCUT2D eigenvalue weighted by Gasteiger charge is -2.16. The van der Waals surface area contributed by atoms with Gasteiger partial charge in [-0.2, -0.15) is 31.4 Å². The minimum absolute atomic E-state index is 0.152. The van der Waals surface area contributed by atoms with E-state index in [9.17, 15) is 31.1 Å². The number of halogens is 6. The molecular formula is C19H15F6N5O. The van der Waals surface area contributed by atoms with Gasteiger partial charge >= 0.3 is 12.4 Å². The van der Waals surface area contributed by atoms with E-state index in [0.717, 1.165) is 35.3 Å². The fourth-order valence-corrected chi connectivity index (χ4v) is 2.79. The van der Waals surface area contributed by atoms with E-state index in [0.29, 0.717) is 5.56 Å². The summed E-state index contributed by atoms with van der Waals surface area (Å²) >= 11 is 0. The molecule has 1 unspecified atom stereocenters. The van der Waals surface area contributed by atoms with Gasteiger partial charge in [0.05, 0.1) is 5.56 Å². The number of nitrogens with one attached hydrogen (secondary N) is 1. The van der Waals surface area contributed by atoms with E-state index in [1.54, 1.807) is 13.0 Å². The average Bonchev–Trinajstić information content (AvgIpc) is 3.18. The van der Waals surface area contributed by atoms with Crippen LogP contribution in [0.15, 0.2) is 48.9 Å². The van der Waals surface area contributed by atoms with Gasteiger partial charge in [0, 0.05) is 24.6 Å². The Hall–Kier alpha value is -3.44. The highest BCUT2D eigenvalue weighted by Crippen LogP contribution is 2.31. The molecule has 0 saturated heterocycles. The number of amides is 1. The molecule has 1 atom stereocenters. The second kappa shape index (κ2) is 8.36. The van der Waals surface area contributed by atoms with Gasteiger partial charge < -0.3 is 5.32 Å². The van der Waals surface area contributed by atoms with Crippen molar-refractivity contribution in [2.45, 2.75) is 31.7 Å². The molecule has 3 aromatic heterocycles. The Kier molecular flexibility index (Phi) is 6.00. The van der Waals surface area contributed by atoms with E-state index in [-0.39, 0.29) is 12.2 Å². The van der Waals surface area contributed by atoms with E-state index in [1.165, 1.54) is 12.3 Å². The van der Waals surface area contributed by atoms with Crippen LogP contribution in [0, 0.1) is 0 Å². The van der Waals surface area contributed by atoms with Crippen LogP contribution < -0.4 is 5.32 Å². The lowest BCUT2D eigenvalue weighted by molar-refractivity contribution is -0.141. The van der Waals surface area contributed by atoms with Gasteiger partial charge in [-0.1, -0.05) is 6.07 Å². The number of rotatable bonds is 5. The van der Waals surface area contributed by atoms with Crippen molar-refractivity contribution in [3.05, 3.63) is 71.4 Å². The van der Waals surface area contributed by atoms with Gasteiger partial charge in [-0.25, -0.2) is 9.67 Å². The van der Waals surface area contributed by atoms with Crippen LogP contribution in [0.3, 0.4) is 0 Å². The fraction of sp³-hybridized carbons (Fsp3) is 0.263. The maximum absolute atomic E-state index is 13.0. The molecule has 3 aromatic rings. The van der Waals surface area contributed by atoms with E-state index >= 15 is 0 Å². The standard InChI is InChI=1S/C19H15F6N5O/c1-11(28-17(31)16-13(18(20,21)22)3-2-7-26-16)9-12-4-5-15(27-10-12)30-8-6-14(29-30)19(23,24)25/h2-8,10-11H,9H2,1H3,(H,28,31). The topological polar surface area (TPSA) is 72.7 Å². The Morgan fingerprint density at radius 1 is 1.06 bits per heavy atom. The van der Waals surface area contributed by atoms with Crippen molar-refractivity contribution in [2.75, 3.05) is 0 Å². The normalized spacial score (nSPS) is 13.1. The number of alkyl halides is 6. The van der Waals surface area contributed by atoms with Crippen LogP contribution in [0.2, 0.25) is 0 Å². The molecule has 0 bridgehead atoms. The Morgan fingerprint density at radius 2 is 1.81 bits per heavy atom. The maximum atomic E-state index is 13.0. The van der Waals surface area contributed by atoms with Crippen LogP contribution in [0.4, 0.5) is 26.3 Å². The van der Waals surface area contributed by atoms with Crippen LogP contribution in [-0.2, 0) is 18.8 Å². The predicted molar refractivity (Wildman–Crippen MR) is 96.2 cm³/mol. The highest BCUT2D eigenvalue weighted by atomic mass is 19.4. The molecule has 0 radical (unpaired) electrons. The van der Waals surface area contributed by atoms with Crippen LogP contribution in [0.1, 0.15) is 34.2 Å². The molecule has 0 spiro atoms. The summed E-state index contributed by atoms with van der Waals surface area (Å²) in [4.78, 5) is 19.8. The fourth-order valence-electron chi connectivity index (χ4n) is 2.79. The Morgan fingerprint density at radius 3 is 2.39 bits per heavy atom. The zero-order valence-electron chi connectivity index (χ0n) is 15.9. The lowest BCUT2D eigenvalue weighted by Crippen LogP contribution is -2.35. The van der Waals surface area contributed by atoms with Crippen molar-refractivity contribution >= 4 is 5.91 Å². The summed E-state index contributed by atoms with van der Waals surface area (Å²) in [6.07, 6.45) is -5.47. The van der Waals surface area contributed by atoms with Crippen molar-refractivity contribution in [1.82, 2.24) is 25.1 Å². The summed E-state index contributed by atoms with van der Waals surface area (Å²) in [7, 11) is 0. The highest BCUT2D eigenvalue weighted by Gasteiger charge is 2.36. The molecule has 3 heterocycles. The first-order valence-electron chi connectivity index (χ1n) is 8.86. The van der Waals surface area contributed by atoms with E-state index in [4.69, 9.17) is 0 Å². The number of nitrogens with zero attached hydrogens (tertiary/aromatic N) is 4. The molecule has 1 amide bonds. The number of pyridine rings is 2. The molecular weight excluding hydrogens is 428 g/mol. The van der Waals surface area contributed by atoms with E-state index in [1.807, 2.05) is 0 Å². The quantitative estimate of drug-likeness (QED) is 0.604. The predicted octanol–water partition coefficient (Wildman–Crippen LogP) is 4.06. The monoisotopic (exact) mass is 443 g/mol. The second-order valence-corrected chi connectivity index (χ2v) is 6.64. The van der Waals surface area contributed by atoms with E-state index in [2.05, 4.69) is 20.4 Å². The zero-order chi connectivity index (χ0) is 22.8. The van der Waals surface area contributed by atoms with Crippen LogP contribution in [0.5, 0.6) is 0 Å². The van der Waals surface area contributed by atoms with E-state index < -0.39 is 41.3 Å². The minimum Gasteiger partial charge on any atom is -0.348 e. The molecule has 0 fully saturated rings. The number of carbonyl (C=O) groups excluding carboxylic acids is 1. The highest BCUT2D eigenvalue weighted by molar-refractivity contribution is 5.94. The minimum atomic E-state index is -4.72. The first kappa shape index (κ1) is 22.2. The second-order valence-electron chi connectivity index (χ2n) is 6.64. The Bertz CT molecular complexity index is 1060. The summed E-state index contributed by atoms with van der Waals surface area (Å²) in [5.74, 6) is -0.819. The molecule has 0 saturated carbocycles. The van der Waals surface area contributed by atoms with Crippen LogP contribution in [-0.4, -0.2) is 31.7 Å². The summed E-state index contributed by atoms with van der Waals surface area (Å²) in [5, 5.41) is 5.87. The molecule has 1 N–H and O–H groups in total. The van der Waals surface area contributed by atoms with Gasteiger partial charge in [0.15, 0.2) is 11.5 Å². The summed E-state index contributed by atoms with van der Waals surface area (Å²) in [6.45, 7) is 1.59. The third-order valence-corrected chi connectivity index (χ3v) is 4.17. The van der Waals surface area contributed by atoms with Gasteiger partial charge in [0.1, 0.15) is 5.69 Å². The molecule has 0 aliphatic heterocycles. The van der Waals surface area contributed by atoms with Crippen molar-refractivity contribution < 1.29 is 31.1 Å². The summed E-state index contributed by atoms with van der Waals surface area (Å²) in [6, 6.07) is 5.13. The number of carbonyl (C=O) groups is 1. The molecule has 0 aliphatic rings. The van der Waals surface area contributed by atoms with Crippen molar-refractivity contribution in [2.24, 2.45) is 0 Å². The largest absolute Gasteiger partial charge is 0.435 e.